The minimum atomic E-state index is 0.0360. The molecule has 3 rings (SSSR count). The lowest BCUT2D eigenvalue weighted by atomic mass is 9.93. The molecule has 2 aromatic heterocycles. The molecule has 1 aliphatic carbocycles. The smallest absolute Gasteiger partial charge is 0.316 e. The average molecular weight is 317 g/mol. The average Bonchev–Trinajstić information content (AvgIpc) is 2.97. The Hall–Kier alpha value is -1.95. The second kappa shape index (κ2) is 6.87. The third-order valence-electron chi connectivity index (χ3n) is 3.78. The largest absolute Gasteiger partial charge is 0.460 e. The van der Waals surface area contributed by atoms with Crippen molar-refractivity contribution in [3.63, 3.8) is 0 Å². The predicted molar refractivity (Wildman–Crippen MR) is 85.2 cm³/mol. The Kier molecular flexibility index (Phi) is 4.68. The molecule has 0 unspecified atom stereocenters. The van der Waals surface area contributed by atoms with Crippen LogP contribution in [0.1, 0.15) is 40.9 Å². The highest BCUT2D eigenvalue weighted by atomic mass is 32.1. The van der Waals surface area contributed by atoms with Crippen molar-refractivity contribution < 1.29 is 9.53 Å². The molecule has 0 aromatic carbocycles. The van der Waals surface area contributed by atoms with Crippen LogP contribution in [-0.2, 0) is 0 Å². The van der Waals surface area contributed by atoms with Crippen molar-refractivity contribution in [1.82, 2.24) is 15.3 Å². The first-order valence-electron chi connectivity index (χ1n) is 7.50. The number of hydrogen-bond donors (Lipinski definition) is 1. The van der Waals surface area contributed by atoms with Gasteiger partial charge in [-0.1, -0.05) is 0 Å². The molecular formula is C16H19N3O2S. The molecule has 0 radical (unpaired) electrons. The van der Waals surface area contributed by atoms with Crippen molar-refractivity contribution in [1.29, 1.82) is 0 Å². The van der Waals surface area contributed by atoms with E-state index in [0.717, 1.165) is 36.1 Å². The first-order chi connectivity index (χ1) is 10.7. The van der Waals surface area contributed by atoms with E-state index in [1.165, 1.54) is 11.3 Å². The standard InChI is InChI=1S/C16H19N3O2S/c1-11-9-14(22-10-11)15(20)19-12-3-5-13(6-4-12)21-16-17-7-2-8-18-16/h2,7-10,12-13H,3-6H2,1H3,(H,19,20). The van der Waals surface area contributed by atoms with Gasteiger partial charge in [0, 0.05) is 18.4 Å². The molecule has 0 bridgehead atoms. The highest BCUT2D eigenvalue weighted by Crippen LogP contribution is 2.23. The van der Waals surface area contributed by atoms with Crippen molar-refractivity contribution in [2.45, 2.75) is 44.8 Å². The monoisotopic (exact) mass is 317 g/mol. The molecule has 0 aliphatic heterocycles. The van der Waals surface area contributed by atoms with Gasteiger partial charge in [-0.05, 0) is 55.7 Å². The van der Waals surface area contributed by atoms with E-state index in [0.29, 0.717) is 6.01 Å². The summed E-state index contributed by atoms with van der Waals surface area (Å²) in [6.45, 7) is 2.00. The van der Waals surface area contributed by atoms with Gasteiger partial charge in [-0.25, -0.2) is 9.97 Å². The van der Waals surface area contributed by atoms with E-state index >= 15 is 0 Å². The van der Waals surface area contributed by atoms with Crippen LogP contribution >= 0.6 is 11.3 Å². The zero-order valence-corrected chi connectivity index (χ0v) is 13.3. The predicted octanol–water partition coefficient (Wildman–Crippen LogP) is 2.97. The summed E-state index contributed by atoms with van der Waals surface area (Å²) >= 11 is 1.50. The fourth-order valence-corrected chi connectivity index (χ4v) is 3.43. The number of aromatic nitrogens is 2. The fourth-order valence-electron chi connectivity index (χ4n) is 2.63. The molecule has 2 aromatic rings. The Balaban J connectivity index is 1.46. The molecule has 22 heavy (non-hydrogen) atoms. The third kappa shape index (κ3) is 3.82. The Bertz CT molecular complexity index is 621. The van der Waals surface area contributed by atoms with E-state index in [4.69, 9.17) is 4.74 Å². The first kappa shape index (κ1) is 15.0. The maximum absolute atomic E-state index is 12.1. The summed E-state index contributed by atoms with van der Waals surface area (Å²) in [4.78, 5) is 21.1. The highest BCUT2D eigenvalue weighted by molar-refractivity contribution is 7.12. The van der Waals surface area contributed by atoms with Gasteiger partial charge in [-0.15, -0.1) is 11.3 Å². The van der Waals surface area contributed by atoms with Crippen molar-refractivity contribution in [2.24, 2.45) is 0 Å². The fraction of sp³-hybridized carbons (Fsp3) is 0.438. The summed E-state index contributed by atoms with van der Waals surface area (Å²) in [5.74, 6) is 0.0360. The van der Waals surface area contributed by atoms with Crippen LogP contribution in [0.15, 0.2) is 29.9 Å². The molecule has 5 nitrogen and oxygen atoms in total. The molecule has 1 fully saturated rings. The van der Waals surface area contributed by atoms with Crippen molar-refractivity contribution >= 4 is 17.2 Å². The molecule has 1 saturated carbocycles. The molecule has 116 valence electrons. The molecule has 1 amide bonds. The molecule has 2 heterocycles. The van der Waals surface area contributed by atoms with Crippen LogP contribution in [0.5, 0.6) is 6.01 Å². The third-order valence-corrected chi connectivity index (χ3v) is 4.82. The van der Waals surface area contributed by atoms with E-state index in [-0.39, 0.29) is 18.1 Å². The van der Waals surface area contributed by atoms with Gasteiger partial charge < -0.3 is 10.1 Å². The summed E-state index contributed by atoms with van der Waals surface area (Å²) in [6, 6.07) is 4.36. The number of hydrogen-bond acceptors (Lipinski definition) is 5. The topological polar surface area (TPSA) is 64.1 Å². The van der Waals surface area contributed by atoms with Gasteiger partial charge in [-0.3, -0.25) is 4.79 Å². The van der Waals surface area contributed by atoms with E-state index < -0.39 is 0 Å². The number of carbonyl (C=O) groups excluding carboxylic acids is 1. The minimum absolute atomic E-state index is 0.0360. The van der Waals surface area contributed by atoms with Crippen LogP contribution in [0.2, 0.25) is 0 Å². The maximum atomic E-state index is 12.1. The summed E-state index contributed by atoms with van der Waals surface area (Å²) in [6.07, 6.45) is 7.16. The maximum Gasteiger partial charge on any atom is 0.316 e. The number of nitrogens with one attached hydrogen (secondary N) is 1. The molecule has 1 aliphatic rings. The molecule has 1 N–H and O–H groups in total. The lowest BCUT2D eigenvalue weighted by Gasteiger charge is -2.28. The van der Waals surface area contributed by atoms with Crippen LogP contribution in [0.4, 0.5) is 0 Å². The molecular weight excluding hydrogens is 298 g/mol. The number of rotatable bonds is 4. The number of aryl methyl sites for hydroxylation is 1. The summed E-state index contributed by atoms with van der Waals surface area (Å²) in [5.41, 5.74) is 1.13. The number of thiophene rings is 1. The Morgan fingerprint density at radius 1 is 1.27 bits per heavy atom. The van der Waals surface area contributed by atoms with E-state index in [2.05, 4.69) is 15.3 Å². The van der Waals surface area contributed by atoms with Crippen molar-refractivity contribution in [3.05, 3.63) is 40.3 Å². The number of carbonyl (C=O) groups is 1. The van der Waals surface area contributed by atoms with Crippen LogP contribution in [0, 0.1) is 6.92 Å². The van der Waals surface area contributed by atoms with Crippen LogP contribution in [0.25, 0.3) is 0 Å². The SMILES string of the molecule is Cc1csc(C(=O)NC2CCC(Oc3ncccn3)CC2)c1. The van der Waals surface area contributed by atoms with Gasteiger partial charge in [-0.2, -0.15) is 0 Å². The Labute approximate surface area is 133 Å². The second-order valence-corrected chi connectivity index (χ2v) is 6.50. The zero-order chi connectivity index (χ0) is 15.4. The number of nitrogens with zero attached hydrogens (tertiary/aromatic N) is 2. The van der Waals surface area contributed by atoms with Crippen LogP contribution in [-0.4, -0.2) is 28.0 Å². The van der Waals surface area contributed by atoms with Gasteiger partial charge in [0.25, 0.3) is 5.91 Å². The van der Waals surface area contributed by atoms with Gasteiger partial charge >= 0.3 is 6.01 Å². The van der Waals surface area contributed by atoms with E-state index in [1.54, 1.807) is 18.5 Å². The number of amides is 1. The molecule has 6 heteroatoms. The van der Waals surface area contributed by atoms with Gasteiger partial charge in [0.1, 0.15) is 6.10 Å². The van der Waals surface area contributed by atoms with Gasteiger partial charge in [0.2, 0.25) is 0 Å². The normalized spacial score (nSPS) is 21.3. The first-order valence-corrected chi connectivity index (χ1v) is 8.38. The Morgan fingerprint density at radius 2 is 2.00 bits per heavy atom. The highest BCUT2D eigenvalue weighted by Gasteiger charge is 2.24. The molecule has 0 saturated heterocycles. The van der Waals surface area contributed by atoms with Crippen molar-refractivity contribution in [3.8, 4) is 6.01 Å². The summed E-state index contributed by atoms with van der Waals surface area (Å²) in [5, 5.41) is 5.12. The van der Waals surface area contributed by atoms with Crippen molar-refractivity contribution in [2.75, 3.05) is 0 Å². The lowest BCUT2D eigenvalue weighted by molar-refractivity contribution is 0.0889. The zero-order valence-electron chi connectivity index (χ0n) is 12.5. The van der Waals surface area contributed by atoms with Gasteiger partial charge in [0.05, 0.1) is 4.88 Å². The van der Waals surface area contributed by atoms with Gasteiger partial charge in [0.15, 0.2) is 0 Å². The summed E-state index contributed by atoms with van der Waals surface area (Å²) < 4.78 is 5.76. The summed E-state index contributed by atoms with van der Waals surface area (Å²) in [7, 11) is 0. The quantitative estimate of drug-likeness (QED) is 0.941. The molecule has 0 spiro atoms. The van der Waals surface area contributed by atoms with Crippen LogP contribution in [0.3, 0.4) is 0 Å². The molecule has 0 atom stereocenters. The number of ether oxygens (including phenoxy) is 1. The van der Waals surface area contributed by atoms with Crippen LogP contribution < -0.4 is 10.1 Å². The minimum Gasteiger partial charge on any atom is -0.460 e. The Morgan fingerprint density at radius 3 is 2.64 bits per heavy atom. The second-order valence-electron chi connectivity index (χ2n) is 5.58. The van der Waals surface area contributed by atoms with E-state index in [1.807, 2.05) is 18.4 Å². The lowest BCUT2D eigenvalue weighted by Crippen LogP contribution is -2.39. The van der Waals surface area contributed by atoms with E-state index in [9.17, 15) is 4.79 Å².